The van der Waals surface area contributed by atoms with Crippen molar-refractivity contribution in [2.24, 2.45) is 0 Å². The van der Waals surface area contributed by atoms with Gasteiger partial charge in [0.15, 0.2) is 0 Å². The first-order chi connectivity index (χ1) is 12.4. The second-order valence-electron chi connectivity index (χ2n) is 6.56. The highest BCUT2D eigenvalue weighted by Crippen LogP contribution is 2.33. The molecule has 0 aliphatic carbocycles. The maximum absolute atomic E-state index is 13.0. The number of esters is 1. The smallest absolute Gasteiger partial charge is 0.347 e. The van der Waals surface area contributed by atoms with Crippen LogP contribution in [0, 0.1) is 13.8 Å². The predicted octanol–water partition coefficient (Wildman–Crippen LogP) is 3.85. The van der Waals surface area contributed by atoms with Crippen molar-refractivity contribution in [2.45, 2.75) is 33.3 Å². The number of hydrogen-bond acceptors (Lipinski definition) is 4. The molecule has 0 bridgehead atoms. The van der Waals surface area contributed by atoms with Crippen LogP contribution in [0.1, 0.15) is 36.1 Å². The molecular weight excluding hydrogens is 362 g/mol. The summed E-state index contributed by atoms with van der Waals surface area (Å²) in [6.07, 6.45) is 0. The first-order valence-corrected chi connectivity index (χ1v) is 9.18. The molecule has 27 heavy (non-hydrogen) atoms. The fraction of sp³-hybridized carbons (Fsp3) is 0.409. The number of hydrogen-bond donors (Lipinski definition) is 1. The minimum atomic E-state index is -1.82. The highest BCUT2D eigenvalue weighted by Gasteiger charge is 2.42. The fourth-order valence-electron chi connectivity index (χ4n) is 3.10. The van der Waals surface area contributed by atoms with E-state index in [0.717, 1.165) is 24.2 Å². The minimum Gasteiger partial charge on any atom is -0.462 e. The van der Waals surface area contributed by atoms with Crippen molar-refractivity contribution in [2.75, 3.05) is 26.2 Å². The Kier molecular flexibility index (Phi) is 8.97. The predicted molar refractivity (Wildman–Crippen MR) is 111 cm³/mol. The monoisotopic (exact) mass is 391 g/mol. The van der Waals surface area contributed by atoms with E-state index in [-0.39, 0.29) is 19.0 Å². The largest absolute Gasteiger partial charge is 0.462 e. The summed E-state index contributed by atoms with van der Waals surface area (Å²) in [5.41, 5.74) is 1.09. The molecular formula is C22H30ClNO3. The maximum Gasteiger partial charge on any atom is 0.347 e. The molecule has 1 unspecified atom stereocenters. The number of carbonyl (C=O) groups is 1. The van der Waals surface area contributed by atoms with Crippen LogP contribution in [0.15, 0.2) is 48.5 Å². The normalized spacial score (nSPS) is 13.0. The van der Waals surface area contributed by atoms with Gasteiger partial charge in [0.1, 0.15) is 6.61 Å². The van der Waals surface area contributed by atoms with Crippen LogP contribution in [0.25, 0.3) is 0 Å². The SMILES string of the molecule is CCN(CC)CCOC(=O)C(O)(c1ccccc1)c1cc(C)ccc1C.Cl. The van der Waals surface area contributed by atoms with Gasteiger partial charge in [-0.25, -0.2) is 4.79 Å². The Hall–Kier alpha value is -1.88. The zero-order valence-electron chi connectivity index (χ0n) is 16.6. The molecule has 0 amide bonds. The van der Waals surface area contributed by atoms with Gasteiger partial charge in [0.2, 0.25) is 5.60 Å². The Labute approximate surface area is 168 Å². The molecule has 1 N–H and O–H groups in total. The number of aryl methyl sites for hydroxylation is 2. The van der Waals surface area contributed by atoms with E-state index in [2.05, 4.69) is 18.7 Å². The van der Waals surface area contributed by atoms with Crippen molar-refractivity contribution in [3.63, 3.8) is 0 Å². The molecule has 0 radical (unpaired) electrons. The summed E-state index contributed by atoms with van der Waals surface area (Å²) in [7, 11) is 0. The lowest BCUT2D eigenvalue weighted by Gasteiger charge is -2.29. The summed E-state index contributed by atoms with van der Waals surface area (Å²) in [4.78, 5) is 15.2. The average molecular weight is 392 g/mol. The Bertz CT molecular complexity index is 732. The van der Waals surface area contributed by atoms with Gasteiger partial charge in [-0.3, -0.25) is 0 Å². The Morgan fingerprint density at radius 1 is 1.07 bits per heavy atom. The standard InChI is InChI=1S/C22H29NO3.ClH/c1-5-23(6-2)14-15-26-21(24)22(25,19-10-8-7-9-11-19)20-16-17(3)12-13-18(20)4;/h7-13,16,25H,5-6,14-15H2,1-4H3;1H. The van der Waals surface area contributed by atoms with Crippen molar-refractivity contribution < 1.29 is 14.6 Å². The van der Waals surface area contributed by atoms with Crippen LogP contribution in [0.2, 0.25) is 0 Å². The third-order valence-corrected chi connectivity index (χ3v) is 4.80. The second kappa shape index (κ2) is 10.5. The average Bonchev–Trinajstić information content (AvgIpc) is 2.67. The van der Waals surface area contributed by atoms with Crippen LogP contribution < -0.4 is 0 Å². The Morgan fingerprint density at radius 3 is 2.30 bits per heavy atom. The summed E-state index contributed by atoms with van der Waals surface area (Å²) < 4.78 is 5.51. The lowest BCUT2D eigenvalue weighted by atomic mass is 9.83. The molecule has 2 rings (SSSR count). The Balaban J connectivity index is 0.00000364. The van der Waals surface area contributed by atoms with Gasteiger partial charge in [-0.05, 0) is 38.1 Å². The summed E-state index contributed by atoms with van der Waals surface area (Å²) in [5, 5.41) is 11.5. The molecule has 0 spiro atoms. The number of benzene rings is 2. The lowest BCUT2D eigenvalue weighted by Crippen LogP contribution is -2.40. The summed E-state index contributed by atoms with van der Waals surface area (Å²) in [5.74, 6) is -0.635. The zero-order chi connectivity index (χ0) is 19.2. The molecule has 0 saturated carbocycles. The first kappa shape index (κ1) is 23.2. The summed E-state index contributed by atoms with van der Waals surface area (Å²) in [6, 6.07) is 14.7. The number of nitrogens with zero attached hydrogens (tertiary/aromatic N) is 1. The maximum atomic E-state index is 13.0. The van der Waals surface area contributed by atoms with E-state index in [1.807, 2.05) is 50.2 Å². The van der Waals surface area contributed by atoms with Crippen molar-refractivity contribution in [1.29, 1.82) is 0 Å². The Morgan fingerprint density at radius 2 is 1.70 bits per heavy atom. The van der Waals surface area contributed by atoms with Crippen LogP contribution in [-0.4, -0.2) is 42.2 Å². The molecule has 0 aromatic heterocycles. The third kappa shape index (κ3) is 5.32. The third-order valence-electron chi connectivity index (χ3n) is 4.80. The van der Waals surface area contributed by atoms with Gasteiger partial charge >= 0.3 is 5.97 Å². The number of rotatable bonds is 8. The van der Waals surface area contributed by atoms with Crippen LogP contribution in [0.4, 0.5) is 0 Å². The molecule has 148 valence electrons. The molecule has 0 saturated heterocycles. The number of carbonyl (C=O) groups excluding carboxylic acids is 1. The van der Waals surface area contributed by atoms with Crippen molar-refractivity contribution >= 4 is 18.4 Å². The molecule has 0 fully saturated rings. The lowest BCUT2D eigenvalue weighted by molar-refractivity contribution is -0.162. The quantitative estimate of drug-likeness (QED) is 0.694. The second-order valence-corrected chi connectivity index (χ2v) is 6.56. The van der Waals surface area contributed by atoms with E-state index in [4.69, 9.17) is 4.74 Å². The molecule has 0 heterocycles. The van der Waals surface area contributed by atoms with Gasteiger partial charge in [-0.15, -0.1) is 12.4 Å². The molecule has 5 heteroatoms. The van der Waals surface area contributed by atoms with E-state index in [0.29, 0.717) is 17.7 Å². The van der Waals surface area contributed by atoms with Gasteiger partial charge in [0.25, 0.3) is 0 Å². The first-order valence-electron chi connectivity index (χ1n) is 9.18. The minimum absolute atomic E-state index is 0. The van der Waals surface area contributed by atoms with Crippen LogP contribution in [0.5, 0.6) is 0 Å². The van der Waals surface area contributed by atoms with Crippen LogP contribution in [0.3, 0.4) is 0 Å². The van der Waals surface area contributed by atoms with E-state index in [1.165, 1.54) is 0 Å². The summed E-state index contributed by atoms with van der Waals surface area (Å²) in [6.45, 7) is 10.7. The van der Waals surface area contributed by atoms with Crippen molar-refractivity contribution in [3.8, 4) is 0 Å². The molecule has 0 aliphatic rings. The number of halogens is 1. The summed E-state index contributed by atoms with van der Waals surface area (Å²) >= 11 is 0. The molecule has 1 atom stereocenters. The highest BCUT2D eigenvalue weighted by atomic mass is 35.5. The van der Waals surface area contributed by atoms with Gasteiger partial charge in [0, 0.05) is 12.1 Å². The topological polar surface area (TPSA) is 49.8 Å². The molecule has 4 nitrogen and oxygen atoms in total. The van der Waals surface area contributed by atoms with E-state index in [9.17, 15) is 9.90 Å². The molecule has 0 aliphatic heterocycles. The van der Waals surface area contributed by atoms with Crippen molar-refractivity contribution in [3.05, 3.63) is 70.8 Å². The number of aliphatic hydroxyl groups is 1. The fourth-order valence-corrected chi connectivity index (χ4v) is 3.10. The molecule has 2 aromatic rings. The van der Waals surface area contributed by atoms with E-state index < -0.39 is 11.6 Å². The molecule has 2 aromatic carbocycles. The van der Waals surface area contributed by atoms with Gasteiger partial charge in [0.05, 0.1) is 0 Å². The van der Waals surface area contributed by atoms with Crippen LogP contribution >= 0.6 is 12.4 Å². The number of ether oxygens (including phenoxy) is 1. The van der Waals surface area contributed by atoms with E-state index in [1.54, 1.807) is 12.1 Å². The van der Waals surface area contributed by atoms with E-state index >= 15 is 0 Å². The highest BCUT2D eigenvalue weighted by molar-refractivity contribution is 5.86. The van der Waals surface area contributed by atoms with Crippen LogP contribution in [-0.2, 0) is 15.1 Å². The zero-order valence-corrected chi connectivity index (χ0v) is 17.4. The van der Waals surface area contributed by atoms with Crippen molar-refractivity contribution in [1.82, 2.24) is 4.90 Å². The van der Waals surface area contributed by atoms with Gasteiger partial charge < -0.3 is 14.7 Å². The number of likely N-dealkylation sites (N-methyl/N-ethyl adjacent to an activating group) is 1. The van der Waals surface area contributed by atoms with Gasteiger partial charge in [-0.1, -0.05) is 67.9 Å². The van der Waals surface area contributed by atoms with Gasteiger partial charge in [-0.2, -0.15) is 0 Å².